The van der Waals surface area contributed by atoms with E-state index >= 15 is 0 Å². The molecule has 2 aromatic rings. The summed E-state index contributed by atoms with van der Waals surface area (Å²) in [6, 6.07) is 6.88. The van der Waals surface area contributed by atoms with Gasteiger partial charge in [0, 0.05) is 12.1 Å². The first-order valence-electron chi connectivity index (χ1n) is 4.98. The lowest BCUT2D eigenvalue weighted by atomic mass is 10.3. The van der Waals surface area contributed by atoms with E-state index in [2.05, 4.69) is 10.3 Å². The topological polar surface area (TPSA) is 63.7 Å². The minimum absolute atomic E-state index is 0.160. The van der Waals surface area contributed by atoms with Gasteiger partial charge in [-0.2, -0.15) is 5.26 Å². The van der Waals surface area contributed by atoms with Gasteiger partial charge in [0.05, 0.1) is 5.02 Å². The number of nitrogens with zero attached hydrogens (tertiary/aromatic N) is 4. The van der Waals surface area contributed by atoms with Crippen LogP contribution in [0.5, 0.6) is 5.75 Å². The quantitative estimate of drug-likeness (QED) is 0.868. The van der Waals surface area contributed by atoms with Gasteiger partial charge in [-0.3, -0.25) is 0 Å². The van der Waals surface area contributed by atoms with Gasteiger partial charge >= 0.3 is 0 Å². The monoisotopic (exact) mass is 282 g/mol. The van der Waals surface area contributed by atoms with Crippen molar-refractivity contribution in [1.82, 2.24) is 15.0 Å². The fourth-order valence-electron chi connectivity index (χ4n) is 1.36. The van der Waals surface area contributed by atoms with E-state index in [0.717, 1.165) is 0 Å². The maximum atomic E-state index is 8.86. The fraction of sp³-hybridized carbons (Fsp3) is 0.182. The maximum absolute atomic E-state index is 8.86. The SMILES string of the molecule is Cn1nnc(C#N)c1COc1ccc(Cl)cc1Cl. The molecule has 0 radical (unpaired) electrons. The van der Waals surface area contributed by atoms with E-state index < -0.39 is 0 Å². The highest BCUT2D eigenvalue weighted by Gasteiger charge is 2.11. The van der Waals surface area contributed by atoms with Gasteiger partial charge in [0.15, 0.2) is 5.69 Å². The summed E-state index contributed by atoms with van der Waals surface area (Å²) in [7, 11) is 1.69. The van der Waals surface area contributed by atoms with Crippen molar-refractivity contribution in [2.45, 2.75) is 6.61 Å². The van der Waals surface area contributed by atoms with Crippen molar-refractivity contribution in [3.63, 3.8) is 0 Å². The lowest BCUT2D eigenvalue weighted by Gasteiger charge is -2.08. The first-order valence-corrected chi connectivity index (χ1v) is 5.74. The highest BCUT2D eigenvalue weighted by Crippen LogP contribution is 2.28. The van der Waals surface area contributed by atoms with E-state index in [1.165, 1.54) is 4.68 Å². The van der Waals surface area contributed by atoms with Crippen LogP contribution in [0.3, 0.4) is 0 Å². The lowest BCUT2D eigenvalue weighted by molar-refractivity contribution is 0.294. The molecule has 0 atom stereocenters. The second-order valence-corrected chi connectivity index (χ2v) is 4.33. The number of ether oxygens (including phenoxy) is 1. The maximum Gasteiger partial charge on any atom is 0.189 e. The second kappa shape index (κ2) is 5.25. The van der Waals surface area contributed by atoms with E-state index in [9.17, 15) is 0 Å². The van der Waals surface area contributed by atoms with Crippen LogP contribution in [-0.4, -0.2) is 15.0 Å². The number of rotatable bonds is 3. The standard InChI is InChI=1S/C11H8Cl2N4O/c1-17-10(9(5-14)15-16-17)6-18-11-3-2-7(12)4-8(11)13/h2-4H,6H2,1H3. The molecule has 7 heteroatoms. The van der Waals surface area contributed by atoms with Crippen LogP contribution in [0.4, 0.5) is 0 Å². The van der Waals surface area contributed by atoms with Crippen molar-refractivity contribution in [1.29, 1.82) is 5.26 Å². The predicted molar refractivity (Wildman–Crippen MR) is 66.5 cm³/mol. The first-order chi connectivity index (χ1) is 8.61. The smallest absolute Gasteiger partial charge is 0.189 e. The molecule has 0 aliphatic carbocycles. The number of benzene rings is 1. The van der Waals surface area contributed by atoms with Crippen molar-refractivity contribution in [2.24, 2.45) is 7.05 Å². The van der Waals surface area contributed by atoms with E-state index in [-0.39, 0.29) is 12.3 Å². The summed E-state index contributed by atoms with van der Waals surface area (Å²) in [4.78, 5) is 0. The molecule has 1 aromatic heterocycles. The van der Waals surface area contributed by atoms with Gasteiger partial charge in [0.2, 0.25) is 0 Å². The van der Waals surface area contributed by atoms with Gasteiger partial charge < -0.3 is 4.74 Å². The summed E-state index contributed by atoms with van der Waals surface area (Å²) in [5, 5.41) is 17.2. The molecule has 0 spiro atoms. The molecule has 0 aliphatic heterocycles. The van der Waals surface area contributed by atoms with Gasteiger partial charge in [0.1, 0.15) is 24.1 Å². The van der Waals surface area contributed by atoms with Crippen molar-refractivity contribution in [2.75, 3.05) is 0 Å². The second-order valence-electron chi connectivity index (χ2n) is 3.48. The van der Waals surface area contributed by atoms with Crippen molar-refractivity contribution in [3.8, 4) is 11.8 Å². The van der Waals surface area contributed by atoms with Crippen LogP contribution in [0.25, 0.3) is 0 Å². The molecule has 0 aliphatic rings. The van der Waals surface area contributed by atoms with Gasteiger partial charge in [-0.1, -0.05) is 28.4 Å². The molecule has 0 amide bonds. The molecule has 0 fully saturated rings. The van der Waals surface area contributed by atoms with Crippen LogP contribution in [0.2, 0.25) is 10.0 Å². The Morgan fingerprint density at radius 2 is 2.22 bits per heavy atom. The predicted octanol–water partition coefficient (Wildman–Crippen LogP) is 2.57. The normalized spacial score (nSPS) is 10.1. The highest BCUT2D eigenvalue weighted by molar-refractivity contribution is 6.35. The Balaban J connectivity index is 2.17. The van der Waals surface area contributed by atoms with E-state index in [4.69, 9.17) is 33.2 Å². The Bertz CT molecular complexity index is 618. The third-order valence-corrected chi connectivity index (χ3v) is 2.84. The van der Waals surface area contributed by atoms with Crippen molar-refractivity contribution < 1.29 is 4.74 Å². The fourth-order valence-corrected chi connectivity index (χ4v) is 1.83. The van der Waals surface area contributed by atoms with E-state index in [1.54, 1.807) is 25.2 Å². The zero-order valence-electron chi connectivity index (χ0n) is 9.39. The van der Waals surface area contributed by atoms with E-state index in [0.29, 0.717) is 21.5 Å². The number of aromatic nitrogens is 3. The Labute approximate surface area is 113 Å². The lowest BCUT2D eigenvalue weighted by Crippen LogP contribution is -2.04. The zero-order valence-corrected chi connectivity index (χ0v) is 10.9. The van der Waals surface area contributed by atoms with Crippen molar-refractivity contribution >= 4 is 23.2 Å². The van der Waals surface area contributed by atoms with Gasteiger partial charge in [-0.05, 0) is 18.2 Å². The molecule has 1 heterocycles. The van der Waals surface area contributed by atoms with Crippen LogP contribution in [0, 0.1) is 11.3 Å². The molecule has 0 saturated heterocycles. The first kappa shape index (κ1) is 12.7. The largest absolute Gasteiger partial charge is 0.486 e. The molecular weight excluding hydrogens is 275 g/mol. The van der Waals surface area contributed by atoms with Gasteiger partial charge in [-0.15, -0.1) is 5.10 Å². The van der Waals surface area contributed by atoms with Gasteiger partial charge in [0.25, 0.3) is 0 Å². The molecule has 2 rings (SSSR count). The summed E-state index contributed by atoms with van der Waals surface area (Å²) in [6.45, 7) is 0.160. The summed E-state index contributed by atoms with van der Waals surface area (Å²) in [6.07, 6.45) is 0. The molecule has 0 unspecified atom stereocenters. The Kier molecular flexibility index (Phi) is 3.70. The van der Waals surface area contributed by atoms with Gasteiger partial charge in [-0.25, -0.2) is 4.68 Å². The molecule has 18 heavy (non-hydrogen) atoms. The molecule has 5 nitrogen and oxygen atoms in total. The molecular formula is C11H8Cl2N4O. The summed E-state index contributed by atoms with van der Waals surface area (Å²) < 4.78 is 7.01. The number of aryl methyl sites for hydroxylation is 1. The Morgan fingerprint density at radius 1 is 1.44 bits per heavy atom. The average Bonchev–Trinajstić information content (AvgIpc) is 2.69. The summed E-state index contributed by atoms with van der Waals surface area (Å²) >= 11 is 11.8. The van der Waals surface area contributed by atoms with Crippen LogP contribution >= 0.6 is 23.2 Å². The summed E-state index contributed by atoms with van der Waals surface area (Å²) in [5.41, 5.74) is 0.825. The Morgan fingerprint density at radius 3 is 2.89 bits per heavy atom. The minimum Gasteiger partial charge on any atom is -0.486 e. The molecule has 1 aromatic carbocycles. The molecule has 0 saturated carbocycles. The summed E-state index contributed by atoms with van der Waals surface area (Å²) in [5.74, 6) is 0.492. The third-order valence-electron chi connectivity index (χ3n) is 2.31. The van der Waals surface area contributed by atoms with Crippen LogP contribution in [0.15, 0.2) is 18.2 Å². The van der Waals surface area contributed by atoms with Crippen LogP contribution in [0.1, 0.15) is 11.4 Å². The highest BCUT2D eigenvalue weighted by atomic mass is 35.5. The minimum atomic E-state index is 0.160. The Hall–Kier alpha value is -1.77. The number of nitriles is 1. The number of halogens is 2. The molecule has 92 valence electrons. The van der Waals surface area contributed by atoms with Crippen LogP contribution in [-0.2, 0) is 13.7 Å². The average molecular weight is 283 g/mol. The van der Waals surface area contributed by atoms with Crippen LogP contribution < -0.4 is 4.74 Å². The molecule has 0 N–H and O–H groups in total. The third kappa shape index (κ3) is 2.55. The zero-order chi connectivity index (χ0) is 13.1. The number of hydrogen-bond acceptors (Lipinski definition) is 4. The van der Waals surface area contributed by atoms with E-state index in [1.807, 2.05) is 6.07 Å². The number of hydrogen-bond donors (Lipinski definition) is 0. The van der Waals surface area contributed by atoms with Crippen molar-refractivity contribution in [3.05, 3.63) is 39.6 Å². The molecule has 0 bridgehead atoms.